The lowest BCUT2D eigenvalue weighted by atomic mass is 9.98. The molecule has 0 N–H and O–H groups in total. The normalized spacial score (nSPS) is 17.4. The van der Waals surface area contributed by atoms with Crippen LogP contribution in [0.4, 0.5) is 0 Å². The number of imidazole rings is 1. The summed E-state index contributed by atoms with van der Waals surface area (Å²) in [4.78, 5) is 13.2. The molecule has 1 aliphatic carbocycles. The van der Waals surface area contributed by atoms with Crippen LogP contribution in [0, 0.1) is 5.92 Å². The first-order chi connectivity index (χ1) is 9.46. The number of fused-ring (bicyclic) bond motifs is 1. The lowest BCUT2D eigenvalue weighted by Crippen LogP contribution is -2.31. The van der Waals surface area contributed by atoms with Gasteiger partial charge in [0.1, 0.15) is 12.2 Å². The molecular weight excluding hydrogens is 276 g/mol. The van der Waals surface area contributed by atoms with Crippen molar-refractivity contribution in [3.05, 3.63) is 12.2 Å². The molecular formula is C14H19ClN4O. The van der Waals surface area contributed by atoms with E-state index < -0.39 is 0 Å². The van der Waals surface area contributed by atoms with Crippen LogP contribution >= 0.6 is 11.6 Å². The van der Waals surface area contributed by atoms with Gasteiger partial charge in [0, 0.05) is 5.54 Å². The first-order valence-corrected chi connectivity index (χ1v) is 7.32. The molecule has 0 radical (unpaired) electrons. The highest BCUT2D eigenvalue weighted by atomic mass is 35.5. The van der Waals surface area contributed by atoms with Crippen LogP contribution in [0.1, 0.15) is 44.8 Å². The predicted molar refractivity (Wildman–Crippen MR) is 78.2 cm³/mol. The van der Waals surface area contributed by atoms with E-state index >= 15 is 0 Å². The largest absolute Gasteiger partial charge is 0.479 e. The van der Waals surface area contributed by atoms with Crippen molar-refractivity contribution >= 4 is 22.8 Å². The maximum Gasteiger partial charge on any atom is 0.245 e. The predicted octanol–water partition coefficient (Wildman–Crippen LogP) is 3.28. The zero-order chi connectivity index (χ0) is 14.5. The van der Waals surface area contributed by atoms with Crippen molar-refractivity contribution in [2.24, 2.45) is 5.92 Å². The number of alkyl halides is 1. The number of hydrogen-bond acceptors (Lipinski definition) is 4. The van der Waals surface area contributed by atoms with E-state index in [9.17, 15) is 0 Å². The summed E-state index contributed by atoms with van der Waals surface area (Å²) < 4.78 is 7.46. The molecule has 3 rings (SSSR count). The summed E-state index contributed by atoms with van der Waals surface area (Å²) in [6.07, 6.45) is 4.00. The number of methoxy groups -OCH3 is 1. The first-order valence-electron chi connectivity index (χ1n) is 6.88. The average molecular weight is 295 g/mol. The summed E-state index contributed by atoms with van der Waals surface area (Å²) in [5, 5.41) is -0.188. The summed E-state index contributed by atoms with van der Waals surface area (Å²) in [5.74, 6) is 1.98. The van der Waals surface area contributed by atoms with Crippen molar-refractivity contribution in [2.45, 2.75) is 44.5 Å². The summed E-state index contributed by atoms with van der Waals surface area (Å²) in [5.41, 5.74) is 1.44. The van der Waals surface area contributed by atoms with Gasteiger partial charge in [-0.1, -0.05) is 0 Å². The molecule has 1 fully saturated rings. The van der Waals surface area contributed by atoms with E-state index in [4.69, 9.17) is 16.3 Å². The number of rotatable bonds is 4. The minimum Gasteiger partial charge on any atom is -0.479 e. The van der Waals surface area contributed by atoms with E-state index in [1.54, 1.807) is 7.11 Å². The van der Waals surface area contributed by atoms with Gasteiger partial charge in [-0.3, -0.25) is 0 Å². The van der Waals surface area contributed by atoms with Crippen molar-refractivity contribution in [2.75, 3.05) is 7.11 Å². The molecule has 2 aromatic rings. The second kappa shape index (κ2) is 4.58. The van der Waals surface area contributed by atoms with Crippen LogP contribution in [0.25, 0.3) is 11.2 Å². The third kappa shape index (κ3) is 1.95. The topological polar surface area (TPSA) is 52.8 Å². The Morgan fingerprint density at radius 2 is 2.10 bits per heavy atom. The van der Waals surface area contributed by atoms with E-state index in [2.05, 4.69) is 33.4 Å². The summed E-state index contributed by atoms with van der Waals surface area (Å²) in [6.45, 7) is 6.38. The molecule has 6 heteroatoms. The van der Waals surface area contributed by atoms with Crippen LogP contribution in [0.2, 0.25) is 0 Å². The molecule has 20 heavy (non-hydrogen) atoms. The Morgan fingerprint density at radius 1 is 1.40 bits per heavy atom. The van der Waals surface area contributed by atoms with E-state index in [0.29, 0.717) is 17.3 Å². The fourth-order valence-corrected chi connectivity index (χ4v) is 2.99. The summed E-state index contributed by atoms with van der Waals surface area (Å²) in [6, 6.07) is 0. The van der Waals surface area contributed by atoms with Crippen LogP contribution in [0.3, 0.4) is 0 Å². The fourth-order valence-electron chi connectivity index (χ4n) is 2.85. The van der Waals surface area contributed by atoms with Gasteiger partial charge in [-0.25, -0.2) is 9.97 Å². The van der Waals surface area contributed by atoms with Crippen molar-refractivity contribution in [1.29, 1.82) is 0 Å². The molecule has 0 aliphatic heterocycles. The van der Waals surface area contributed by atoms with Crippen LogP contribution in [-0.4, -0.2) is 26.6 Å². The highest BCUT2D eigenvalue weighted by molar-refractivity contribution is 6.20. The molecule has 0 aromatic carbocycles. The van der Waals surface area contributed by atoms with E-state index in [1.165, 1.54) is 19.2 Å². The molecule has 0 saturated heterocycles. The van der Waals surface area contributed by atoms with Crippen LogP contribution in [0.15, 0.2) is 6.33 Å². The Balaban J connectivity index is 2.30. The molecule has 2 heterocycles. The molecule has 2 aromatic heterocycles. The van der Waals surface area contributed by atoms with Gasteiger partial charge in [-0.15, -0.1) is 11.6 Å². The Bertz CT molecular complexity index is 646. The number of hydrogen-bond donors (Lipinski definition) is 0. The van der Waals surface area contributed by atoms with Gasteiger partial charge in [0.15, 0.2) is 11.2 Å². The van der Waals surface area contributed by atoms with Crippen LogP contribution < -0.4 is 4.74 Å². The van der Waals surface area contributed by atoms with E-state index in [-0.39, 0.29) is 10.9 Å². The second-order valence-corrected chi connectivity index (χ2v) is 6.56. The minimum atomic E-state index is -0.188. The third-order valence-electron chi connectivity index (χ3n) is 4.14. The van der Waals surface area contributed by atoms with E-state index in [0.717, 1.165) is 11.5 Å². The quantitative estimate of drug-likeness (QED) is 0.812. The monoisotopic (exact) mass is 294 g/mol. The van der Waals surface area contributed by atoms with Crippen molar-refractivity contribution < 1.29 is 4.74 Å². The van der Waals surface area contributed by atoms with Crippen LogP contribution in [-0.2, 0) is 5.54 Å². The van der Waals surface area contributed by atoms with Gasteiger partial charge >= 0.3 is 0 Å². The van der Waals surface area contributed by atoms with Crippen molar-refractivity contribution in [3.8, 4) is 5.88 Å². The fraction of sp³-hybridized carbons (Fsp3) is 0.643. The summed E-state index contributed by atoms with van der Waals surface area (Å²) >= 11 is 6.33. The minimum absolute atomic E-state index is 0.0490. The molecule has 1 aliphatic rings. The zero-order valence-corrected chi connectivity index (χ0v) is 13.0. The maximum absolute atomic E-state index is 6.33. The molecule has 0 bridgehead atoms. The Kier molecular flexibility index (Phi) is 3.12. The van der Waals surface area contributed by atoms with Crippen LogP contribution in [0.5, 0.6) is 5.88 Å². The highest BCUT2D eigenvalue weighted by Gasteiger charge is 2.42. The molecule has 1 saturated carbocycles. The Labute approximate surface area is 123 Å². The highest BCUT2D eigenvalue weighted by Crippen LogP contribution is 2.46. The first kappa shape index (κ1) is 13.6. The standard InChI is InChI=1S/C14H19ClN4O/c1-8(15)11-18-10-12(16-7-17-13(10)20-4)19(11)14(2,3)9-5-6-9/h7-9H,5-6H2,1-4H3. The summed E-state index contributed by atoms with van der Waals surface area (Å²) in [7, 11) is 1.59. The van der Waals surface area contributed by atoms with Gasteiger partial charge < -0.3 is 9.30 Å². The lowest BCUT2D eigenvalue weighted by Gasteiger charge is -2.29. The average Bonchev–Trinajstić information content (AvgIpc) is 3.18. The molecule has 1 atom stereocenters. The number of ether oxygens (including phenoxy) is 1. The smallest absolute Gasteiger partial charge is 0.245 e. The lowest BCUT2D eigenvalue weighted by molar-refractivity contribution is 0.302. The van der Waals surface area contributed by atoms with Crippen molar-refractivity contribution in [1.82, 2.24) is 19.5 Å². The van der Waals surface area contributed by atoms with Gasteiger partial charge in [0.2, 0.25) is 5.88 Å². The number of aromatic nitrogens is 4. The van der Waals surface area contributed by atoms with E-state index in [1.807, 2.05) is 6.92 Å². The third-order valence-corrected chi connectivity index (χ3v) is 4.33. The van der Waals surface area contributed by atoms with Gasteiger partial charge in [-0.2, -0.15) is 4.98 Å². The molecule has 5 nitrogen and oxygen atoms in total. The molecule has 108 valence electrons. The van der Waals surface area contributed by atoms with Gasteiger partial charge in [-0.05, 0) is 39.5 Å². The number of nitrogens with zero attached hydrogens (tertiary/aromatic N) is 4. The Morgan fingerprint density at radius 3 is 2.65 bits per heavy atom. The second-order valence-electron chi connectivity index (χ2n) is 5.90. The molecule has 0 spiro atoms. The molecule has 1 unspecified atom stereocenters. The SMILES string of the molecule is COc1ncnc2c1nc(C(C)Cl)n2C(C)(C)C1CC1. The van der Waals surface area contributed by atoms with Gasteiger partial charge in [0.25, 0.3) is 0 Å². The number of halogens is 1. The van der Waals surface area contributed by atoms with Crippen molar-refractivity contribution in [3.63, 3.8) is 0 Å². The maximum atomic E-state index is 6.33. The molecule has 0 amide bonds. The Hall–Kier alpha value is -1.36. The van der Waals surface area contributed by atoms with Gasteiger partial charge in [0.05, 0.1) is 12.5 Å². The zero-order valence-electron chi connectivity index (χ0n) is 12.2.